The second kappa shape index (κ2) is 7.28. The number of rotatable bonds is 6. The van der Waals surface area contributed by atoms with E-state index in [0.29, 0.717) is 5.02 Å². The van der Waals surface area contributed by atoms with E-state index >= 15 is 0 Å². The molecule has 1 saturated carbocycles. The highest BCUT2D eigenvalue weighted by Crippen LogP contribution is 2.25. The number of benzene rings is 1. The Hall–Kier alpha value is -0.570. The third-order valence-corrected chi connectivity index (χ3v) is 4.41. The molecule has 2 nitrogen and oxygen atoms in total. The Labute approximate surface area is 121 Å². The predicted octanol–water partition coefficient (Wildman–Crippen LogP) is 4.03. The van der Waals surface area contributed by atoms with Crippen LogP contribution in [0.2, 0.25) is 5.02 Å². The average molecular weight is 282 g/mol. The van der Waals surface area contributed by atoms with Gasteiger partial charge in [-0.05, 0) is 43.5 Å². The minimum Gasteiger partial charge on any atom is -0.388 e. The number of hydrogen-bond acceptors (Lipinski definition) is 2. The second-order valence-corrected chi connectivity index (χ2v) is 5.86. The van der Waals surface area contributed by atoms with Gasteiger partial charge in [0, 0.05) is 17.6 Å². The number of aliphatic hydroxyl groups excluding tert-OH is 1. The van der Waals surface area contributed by atoms with E-state index in [1.807, 2.05) is 24.3 Å². The van der Waals surface area contributed by atoms with Gasteiger partial charge in [0.15, 0.2) is 0 Å². The molecule has 1 unspecified atom stereocenters. The predicted molar refractivity (Wildman–Crippen MR) is 80.5 cm³/mol. The monoisotopic (exact) mass is 281 g/mol. The van der Waals surface area contributed by atoms with Crippen molar-refractivity contribution in [2.45, 2.75) is 51.2 Å². The van der Waals surface area contributed by atoms with Crippen molar-refractivity contribution in [3.63, 3.8) is 0 Å². The van der Waals surface area contributed by atoms with E-state index in [0.717, 1.165) is 31.1 Å². The molecule has 106 valence electrons. The molecule has 1 fully saturated rings. The molecule has 1 aliphatic carbocycles. The summed E-state index contributed by atoms with van der Waals surface area (Å²) in [6.45, 7) is 4.26. The van der Waals surface area contributed by atoms with Crippen LogP contribution in [0, 0.1) is 0 Å². The zero-order valence-corrected chi connectivity index (χ0v) is 12.4. The molecule has 1 aromatic carbocycles. The fourth-order valence-electron chi connectivity index (χ4n) is 3.04. The molecule has 1 aromatic rings. The lowest BCUT2D eigenvalue weighted by Crippen LogP contribution is -2.34. The Morgan fingerprint density at radius 2 is 2.11 bits per heavy atom. The summed E-state index contributed by atoms with van der Waals surface area (Å²) < 4.78 is 0. The Morgan fingerprint density at radius 3 is 2.74 bits per heavy atom. The van der Waals surface area contributed by atoms with Crippen molar-refractivity contribution in [3.05, 3.63) is 34.9 Å². The molecule has 1 atom stereocenters. The van der Waals surface area contributed by atoms with E-state index in [1.54, 1.807) is 0 Å². The Balaban J connectivity index is 1.86. The smallest absolute Gasteiger partial charge is 0.0802 e. The van der Waals surface area contributed by atoms with Gasteiger partial charge in [-0.15, -0.1) is 0 Å². The molecule has 0 spiro atoms. The van der Waals surface area contributed by atoms with Gasteiger partial charge in [-0.1, -0.05) is 43.5 Å². The standard InChI is InChI=1S/C16H24ClNO/c1-2-18(15-8-3-4-9-15)11-10-16(19)13-6-5-7-14(17)12-13/h5-7,12,15-16,19H,2-4,8-11H2,1H3. The first-order chi connectivity index (χ1) is 9.20. The van der Waals surface area contributed by atoms with Gasteiger partial charge < -0.3 is 10.0 Å². The molecule has 2 rings (SSSR count). The molecular formula is C16H24ClNO. The quantitative estimate of drug-likeness (QED) is 0.851. The van der Waals surface area contributed by atoms with Gasteiger partial charge >= 0.3 is 0 Å². The van der Waals surface area contributed by atoms with Gasteiger partial charge in [-0.2, -0.15) is 0 Å². The van der Waals surface area contributed by atoms with Crippen molar-refractivity contribution in [1.29, 1.82) is 0 Å². The lowest BCUT2D eigenvalue weighted by molar-refractivity contribution is 0.127. The van der Waals surface area contributed by atoms with Gasteiger partial charge in [-0.25, -0.2) is 0 Å². The Morgan fingerprint density at radius 1 is 1.37 bits per heavy atom. The summed E-state index contributed by atoms with van der Waals surface area (Å²) in [6.07, 6.45) is 5.73. The highest BCUT2D eigenvalue weighted by molar-refractivity contribution is 6.30. The molecule has 0 aliphatic heterocycles. The van der Waals surface area contributed by atoms with Crippen LogP contribution in [0.15, 0.2) is 24.3 Å². The van der Waals surface area contributed by atoms with E-state index in [1.165, 1.54) is 25.7 Å². The van der Waals surface area contributed by atoms with Gasteiger partial charge in [0.25, 0.3) is 0 Å². The van der Waals surface area contributed by atoms with Crippen molar-refractivity contribution in [2.24, 2.45) is 0 Å². The van der Waals surface area contributed by atoms with Gasteiger partial charge in [0.05, 0.1) is 6.10 Å². The maximum atomic E-state index is 10.2. The number of halogens is 1. The Kier molecular flexibility index (Phi) is 5.68. The van der Waals surface area contributed by atoms with Crippen LogP contribution in [0.3, 0.4) is 0 Å². The topological polar surface area (TPSA) is 23.5 Å². The number of hydrogen-bond donors (Lipinski definition) is 1. The van der Waals surface area contributed by atoms with E-state index in [9.17, 15) is 5.11 Å². The summed E-state index contributed by atoms with van der Waals surface area (Å²) >= 11 is 5.96. The zero-order valence-electron chi connectivity index (χ0n) is 11.7. The molecular weight excluding hydrogens is 258 g/mol. The molecule has 0 bridgehead atoms. The molecule has 1 N–H and O–H groups in total. The molecule has 0 aromatic heterocycles. The zero-order chi connectivity index (χ0) is 13.7. The number of aliphatic hydroxyl groups is 1. The van der Waals surface area contributed by atoms with Crippen LogP contribution in [-0.4, -0.2) is 29.1 Å². The first-order valence-electron chi connectivity index (χ1n) is 7.38. The van der Waals surface area contributed by atoms with E-state index < -0.39 is 6.10 Å². The number of nitrogens with zero attached hydrogens (tertiary/aromatic N) is 1. The summed E-state index contributed by atoms with van der Waals surface area (Å²) in [5, 5.41) is 10.9. The molecule has 3 heteroatoms. The summed E-state index contributed by atoms with van der Waals surface area (Å²) in [5.74, 6) is 0. The molecule has 0 heterocycles. The van der Waals surface area contributed by atoms with E-state index in [-0.39, 0.29) is 0 Å². The SMILES string of the molecule is CCN(CCC(O)c1cccc(Cl)c1)C1CCCC1. The minimum absolute atomic E-state index is 0.408. The van der Waals surface area contributed by atoms with Crippen LogP contribution in [0.4, 0.5) is 0 Å². The molecule has 1 aliphatic rings. The summed E-state index contributed by atoms with van der Waals surface area (Å²) in [6, 6.07) is 8.28. The fourth-order valence-corrected chi connectivity index (χ4v) is 3.24. The average Bonchev–Trinajstić information content (AvgIpc) is 2.93. The van der Waals surface area contributed by atoms with Crippen molar-refractivity contribution < 1.29 is 5.11 Å². The maximum absolute atomic E-state index is 10.2. The summed E-state index contributed by atoms with van der Waals surface area (Å²) in [4.78, 5) is 2.51. The largest absolute Gasteiger partial charge is 0.388 e. The van der Waals surface area contributed by atoms with Crippen LogP contribution >= 0.6 is 11.6 Å². The summed E-state index contributed by atoms with van der Waals surface area (Å²) in [7, 11) is 0. The van der Waals surface area contributed by atoms with Crippen LogP contribution in [-0.2, 0) is 0 Å². The van der Waals surface area contributed by atoms with Crippen LogP contribution in [0.1, 0.15) is 50.7 Å². The normalized spacial score (nSPS) is 18.1. The fraction of sp³-hybridized carbons (Fsp3) is 0.625. The lowest BCUT2D eigenvalue weighted by atomic mass is 10.1. The third-order valence-electron chi connectivity index (χ3n) is 4.17. The van der Waals surface area contributed by atoms with Gasteiger partial charge in [-0.3, -0.25) is 0 Å². The van der Waals surface area contributed by atoms with Crippen molar-refractivity contribution in [2.75, 3.05) is 13.1 Å². The lowest BCUT2D eigenvalue weighted by Gasteiger charge is -2.28. The summed E-state index contributed by atoms with van der Waals surface area (Å²) in [5.41, 5.74) is 0.926. The van der Waals surface area contributed by atoms with Gasteiger partial charge in [0.1, 0.15) is 0 Å². The van der Waals surface area contributed by atoms with Crippen LogP contribution in [0.5, 0.6) is 0 Å². The molecule has 0 saturated heterocycles. The van der Waals surface area contributed by atoms with Crippen molar-refractivity contribution in [1.82, 2.24) is 4.90 Å². The highest BCUT2D eigenvalue weighted by atomic mass is 35.5. The maximum Gasteiger partial charge on any atom is 0.0802 e. The third kappa shape index (κ3) is 4.20. The van der Waals surface area contributed by atoms with Gasteiger partial charge in [0.2, 0.25) is 0 Å². The second-order valence-electron chi connectivity index (χ2n) is 5.43. The van der Waals surface area contributed by atoms with Crippen LogP contribution in [0.25, 0.3) is 0 Å². The molecule has 0 radical (unpaired) electrons. The van der Waals surface area contributed by atoms with E-state index in [2.05, 4.69) is 11.8 Å². The van der Waals surface area contributed by atoms with Crippen LogP contribution < -0.4 is 0 Å². The minimum atomic E-state index is -0.408. The van der Waals surface area contributed by atoms with Crippen molar-refractivity contribution in [3.8, 4) is 0 Å². The van der Waals surface area contributed by atoms with E-state index in [4.69, 9.17) is 11.6 Å². The highest BCUT2D eigenvalue weighted by Gasteiger charge is 2.21. The molecule has 0 amide bonds. The Bertz CT molecular complexity index is 390. The molecule has 19 heavy (non-hydrogen) atoms. The van der Waals surface area contributed by atoms with Crippen molar-refractivity contribution >= 4 is 11.6 Å². The first kappa shape index (κ1) is 14.8. The first-order valence-corrected chi connectivity index (χ1v) is 7.76.